The highest BCUT2D eigenvalue weighted by atomic mass is 35.5. The Morgan fingerprint density at radius 1 is 1.40 bits per heavy atom. The Hall–Kier alpha value is -1.86. The van der Waals surface area contributed by atoms with Crippen molar-refractivity contribution in [2.75, 3.05) is 12.4 Å². The Labute approximate surface area is 156 Å². The van der Waals surface area contributed by atoms with Gasteiger partial charge in [0, 0.05) is 12.8 Å². The highest BCUT2D eigenvalue weighted by Gasteiger charge is 2.27. The topological polar surface area (TPSA) is 60.7 Å². The Kier molecular flexibility index (Phi) is 5.75. The van der Waals surface area contributed by atoms with Crippen molar-refractivity contribution in [1.82, 2.24) is 15.2 Å². The molecule has 1 aromatic carbocycles. The van der Waals surface area contributed by atoms with Gasteiger partial charge in [-0.1, -0.05) is 48.5 Å². The highest BCUT2D eigenvalue weighted by Crippen LogP contribution is 2.25. The molecule has 2 heterocycles. The molecular formula is C17H21ClN4O2S. The molecule has 0 unspecified atom stereocenters. The minimum Gasteiger partial charge on any atom is -0.492 e. The summed E-state index contributed by atoms with van der Waals surface area (Å²) in [5.41, 5.74) is 5.38. The van der Waals surface area contributed by atoms with E-state index in [0.717, 1.165) is 29.2 Å². The summed E-state index contributed by atoms with van der Waals surface area (Å²) in [6, 6.07) is 7.98. The quantitative estimate of drug-likeness (QED) is 0.746. The lowest BCUT2D eigenvalue weighted by Gasteiger charge is -2.12. The van der Waals surface area contributed by atoms with E-state index in [0.29, 0.717) is 23.2 Å². The van der Waals surface area contributed by atoms with Gasteiger partial charge in [-0.05, 0) is 25.0 Å². The van der Waals surface area contributed by atoms with Crippen molar-refractivity contribution in [3.63, 3.8) is 0 Å². The maximum atomic E-state index is 6.37. The number of para-hydroxylation sites is 1. The molecule has 0 aliphatic carbocycles. The first kappa shape index (κ1) is 17.9. The molecule has 8 heteroatoms. The number of rotatable bonds is 7. The number of hydrogen-bond acceptors (Lipinski definition) is 6. The molecule has 0 spiro atoms. The first-order chi connectivity index (χ1) is 12.1. The van der Waals surface area contributed by atoms with Gasteiger partial charge in [0.1, 0.15) is 11.4 Å². The second-order valence-electron chi connectivity index (χ2n) is 5.57. The van der Waals surface area contributed by atoms with E-state index in [9.17, 15) is 0 Å². The molecule has 1 atom stereocenters. The summed E-state index contributed by atoms with van der Waals surface area (Å²) < 4.78 is 13.3. The van der Waals surface area contributed by atoms with E-state index < -0.39 is 0 Å². The van der Waals surface area contributed by atoms with Crippen molar-refractivity contribution >= 4 is 29.3 Å². The molecule has 1 aliphatic heterocycles. The van der Waals surface area contributed by atoms with Crippen LogP contribution in [0.4, 0.5) is 0 Å². The van der Waals surface area contributed by atoms with E-state index in [1.54, 1.807) is 16.4 Å². The summed E-state index contributed by atoms with van der Waals surface area (Å²) in [5.74, 6) is 2.15. The molecule has 0 saturated carbocycles. The van der Waals surface area contributed by atoms with Crippen molar-refractivity contribution < 1.29 is 9.47 Å². The Balaban J connectivity index is 1.48. The predicted octanol–water partition coefficient (Wildman–Crippen LogP) is 3.32. The average molecular weight is 381 g/mol. The molecular weight excluding hydrogens is 360 g/mol. The molecule has 0 saturated heterocycles. The highest BCUT2D eigenvalue weighted by molar-refractivity contribution is 7.99. The van der Waals surface area contributed by atoms with E-state index in [2.05, 4.69) is 15.6 Å². The van der Waals surface area contributed by atoms with Crippen molar-refractivity contribution in [3.8, 4) is 5.75 Å². The molecule has 0 bridgehead atoms. The van der Waals surface area contributed by atoms with Crippen LogP contribution in [0.15, 0.2) is 29.4 Å². The van der Waals surface area contributed by atoms with Crippen LogP contribution in [0.5, 0.6) is 5.75 Å². The number of benzene rings is 1. The van der Waals surface area contributed by atoms with Gasteiger partial charge in [0.15, 0.2) is 0 Å². The average Bonchev–Trinajstić information content (AvgIpc) is 3.17. The molecule has 0 amide bonds. The van der Waals surface area contributed by atoms with E-state index in [1.165, 1.54) is 0 Å². The van der Waals surface area contributed by atoms with Crippen molar-refractivity contribution in [3.05, 3.63) is 46.2 Å². The minimum atomic E-state index is -0.258. The van der Waals surface area contributed by atoms with Crippen LogP contribution in [0.1, 0.15) is 23.9 Å². The Morgan fingerprint density at radius 3 is 2.92 bits per heavy atom. The third-order valence-electron chi connectivity index (χ3n) is 3.79. The monoisotopic (exact) mass is 380 g/mol. The third-order valence-corrected chi connectivity index (χ3v) is 5.09. The lowest BCUT2D eigenvalue weighted by Crippen LogP contribution is -2.20. The smallest absolute Gasteiger partial charge is 0.260 e. The normalized spacial score (nSPS) is 16.3. The second-order valence-corrected chi connectivity index (χ2v) is 7.11. The summed E-state index contributed by atoms with van der Waals surface area (Å²) in [5, 5.41) is 9.23. The third kappa shape index (κ3) is 4.04. The zero-order valence-electron chi connectivity index (χ0n) is 14.5. The SMILES string of the molecule is CCc1nn(C)c(C2=NN[C@H](SCCOc3ccccc3C)O2)c1Cl. The number of ether oxygens (including phenoxy) is 2. The lowest BCUT2D eigenvalue weighted by atomic mass is 10.2. The first-order valence-corrected chi connectivity index (χ1v) is 9.54. The summed E-state index contributed by atoms with van der Waals surface area (Å²) in [6.07, 6.45) is 0.766. The number of thioether (sulfide) groups is 1. The molecule has 134 valence electrons. The molecule has 3 rings (SSSR count). The fourth-order valence-electron chi connectivity index (χ4n) is 2.48. The lowest BCUT2D eigenvalue weighted by molar-refractivity contribution is 0.277. The van der Waals surface area contributed by atoms with E-state index in [4.69, 9.17) is 21.1 Å². The molecule has 25 heavy (non-hydrogen) atoms. The van der Waals surface area contributed by atoms with Crippen LogP contribution < -0.4 is 10.2 Å². The summed E-state index contributed by atoms with van der Waals surface area (Å²) in [7, 11) is 1.84. The maximum absolute atomic E-state index is 6.37. The van der Waals surface area contributed by atoms with Gasteiger partial charge < -0.3 is 9.47 Å². The number of aromatic nitrogens is 2. The number of nitrogens with zero attached hydrogens (tertiary/aromatic N) is 3. The van der Waals surface area contributed by atoms with Gasteiger partial charge in [0.25, 0.3) is 5.90 Å². The molecule has 1 aliphatic rings. The van der Waals surface area contributed by atoms with Gasteiger partial charge in [-0.3, -0.25) is 10.1 Å². The van der Waals surface area contributed by atoms with Gasteiger partial charge in [0.2, 0.25) is 5.56 Å². The first-order valence-electron chi connectivity index (χ1n) is 8.11. The summed E-state index contributed by atoms with van der Waals surface area (Å²) in [4.78, 5) is 0. The Bertz CT molecular complexity index is 778. The van der Waals surface area contributed by atoms with Gasteiger partial charge in [-0.25, -0.2) is 0 Å². The van der Waals surface area contributed by atoms with Gasteiger partial charge in [0.05, 0.1) is 17.3 Å². The summed E-state index contributed by atoms with van der Waals surface area (Å²) in [6.45, 7) is 4.64. The minimum absolute atomic E-state index is 0.258. The van der Waals surface area contributed by atoms with Gasteiger partial charge in [-0.2, -0.15) is 5.10 Å². The zero-order valence-corrected chi connectivity index (χ0v) is 16.0. The van der Waals surface area contributed by atoms with Gasteiger partial charge in [-0.15, -0.1) is 5.10 Å². The molecule has 0 radical (unpaired) electrons. The number of hydrazone groups is 1. The second kappa shape index (κ2) is 8.01. The van der Waals surface area contributed by atoms with E-state index in [1.807, 2.05) is 45.2 Å². The fourth-order valence-corrected chi connectivity index (χ4v) is 3.54. The van der Waals surface area contributed by atoms with Gasteiger partial charge >= 0.3 is 0 Å². The molecule has 1 aromatic heterocycles. The van der Waals surface area contributed by atoms with Crippen molar-refractivity contribution in [1.29, 1.82) is 0 Å². The number of halogens is 1. The van der Waals surface area contributed by atoms with E-state index in [-0.39, 0.29) is 5.56 Å². The van der Waals surface area contributed by atoms with Crippen molar-refractivity contribution in [2.24, 2.45) is 12.1 Å². The van der Waals surface area contributed by atoms with Crippen LogP contribution in [0.2, 0.25) is 5.02 Å². The molecule has 1 N–H and O–H groups in total. The predicted molar refractivity (Wildman–Crippen MR) is 101 cm³/mol. The van der Waals surface area contributed by atoms with Crippen LogP contribution in [-0.2, 0) is 18.2 Å². The largest absolute Gasteiger partial charge is 0.492 e. The fraction of sp³-hybridized carbons (Fsp3) is 0.412. The molecule has 0 fully saturated rings. The van der Waals surface area contributed by atoms with Crippen LogP contribution in [0.25, 0.3) is 0 Å². The zero-order chi connectivity index (χ0) is 17.8. The molecule has 6 nitrogen and oxygen atoms in total. The molecule has 2 aromatic rings. The van der Waals surface area contributed by atoms with Crippen LogP contribution in [0, 0.1) is 6.92 Å². The standard InChI is InChI=1S/C17H21ClN4O2S/c1-4-12-14(18)15(22(3)21-12)16-19-20-17(24-16)25-10-9-23-13-8-6-5-7-11(13)2/h5-8,17,20H,4,9-10H2,1-3H3/t17-/m0/s1. The van der Waals surface area contributed by atoms with Crippen LogP contribution >= 0.6 is 23.4 Å². The number of nitrogens with one attached hydrogen (secondary N) is 1. The maximum Gasteiger partial charge on any atom is 0.260 e. The summed E-state index contributed by atoms with van der Waals surface area (Å²) >= 11 is 7.95. The number of hydrogen-bond donors (Lipinski definition) is 1. The van der Waals surface area contributed by atoms with E-state index >= 15 is 0 Å². The van der Waals surface area contributed by atoms with Crippen LogP contribution in [-0.4, -0.2) is 33.6 Å². The van der Waals surface area contributed by atoms with Crippen LogP contribution in [0.3, 0.4) is 0 Å². The number of aryl methyl sites for hydroxylation is 3. The van der Waals surface area contributed by atoms with Crippen molar-refractivity contribution in [2.45, 2.75) is 25.8 Å². The Morgan fingerprint density at radius 2 is 2.20 bits per heavy atom.